The zero-order valence-corrected chi connectivity index (χ0v) is 16.9. The molecule has 1 amide bonds. The molecule has 2 aromatic carbocycles. The Kier molecular flexibility index (Phi) is 4.57. The summed E-state index contributed by atoms with van der Waals surface area (Å²) in [6.07, 6.45) is 4.87. The Morgan fingerprint density at radius 2 is 1.87 bits per heavy atom. The maximum atomic E-state index is 12.8. The summed E-state index contributed by atoms with van der Waals surface area (Å²) in [5.41, 5.74) is 7.55. The van der Waals surface area contributed by atoms with Crippen LogP contribution in [0.2, 0.25) is 0 Å². The molecule has 0 saturated heterocycles. The largest absolute Gasteiger partial charge is 0.396 e. The van der Waals surface area contributed by atoms with Gasteiger partial charge in [-0.1, -0.05) is 30.3 Å². The van der Waals surface area contributed by atoms with E-state index in [0.29, 0.717) is 27.6 Å². The number of carbonyl (C=O) groups is 1. The van der Waals surface area contributed by atoms with Crippen LogP contribution in [0, 0.1) is 0 Å². The van der Waals surface area contributed by atoms with Crippen LogP contribution in [0.1, 0.15) is 10.5 Å². The quantitative estimate of drug-likeness (QED) is 0.456. The fourth-order valence-electron chi connectivity index (χ4n) is 3.25. The molecule has 0 aliphatic rings. The van der Waals surface area contributed by atoms with Crippen LogP contribution in [-0.2, 0) is 0 Å². The molecule has 3 N–H and O–H groups in total. The lowest BCUT2D eigenvalue weighted by Gasteiger charge is -2.10. The fourth-order valence-corrected chi connectivity index (χ4v) is 4.04. The van der Waals surface area contributed by atoms with Gasteiger partial charge in [-0.25, -0.2) is 9.67 Å². The monoisotopic (exact) mass is 428 g/mol. The van der Waals surface area contributed by atoms with Gasteiger partial charge in [0.1, 0.15) is 5.69 Å². The van der Waals surface area contributed by atoms with E-state index in [2.05, 4.69) is 15.4 Å². The lowest BCUT2D eigenvalue weighted by molar-refractivity contribution is 0.102. The summed E-state index contributed by atoms with van der Waals surface area (Å²) in [4.78, 5) is 30.0. The number of pyridine rings is 1. The maximum absolute atomic E-state index is 12.8. The first-order valence-electron chi connectivity index (χ1n) is 9.37. The molecule has 0 atom stereocenters. The van der Waals surface area contributed by atoms with E-state index in [1.807, 2.05) is 42.5 Å². The van der Waals surface area contributed by atoms with Crippen molar-refractivity contribution in [3.63, 3.8) is 0 Å². The highest BCUT2D eigenvalue weighted by Gasteiger charge is 2.15. The predicted molar refractivity (Wildman–Crippen MR) is 121 cm³/mol. The normalized spacial score (nSPS) is 11.0. The van der Waals surface area contributed by atoms with Crippen molar-refractivity contribution in [2.75, 3.05) is 11.1 Å². The van der Waals surface area contributed by atoms with Crippen molar-refractivity contribution in [1.29, 1.82) is 0 Å². The summed E-state index contributed by atoms with van der Waals surface area (Å²) in [5.74, 6) is -0.385. The topological polar surface area (TPSA) is 108 Å². The van der Waals surface area contributed by atoms with Crippen LogP contribution in [0.5, 0.6) is 0 Å². The maximum Gasteiger partial charge on any atom is 0.275 e. The predicted octanol–water partition coefficient (Wildman–Crippen LogP) is 3.47. The highest BCUT2D eigenvalue weighted by molar-refractivity contribution is 7.12. The van der Waals surface area contributed by atoms with Crippen molar-refractivity contribution in [2.45, 2.75) is 0 Å². The Hall–Kier alpha value is -4.24. The van der Waals surface area contributed by atoms with E-state index in [9.17, 15) is 9.59 Å². The smallest absolute Gasteiger partial charge is 0.275 e. The summed E-state index contributed by atoms with van der Waals surface area (Å²) in [6, 6.07) is 16.5. The van der Waals surface area contributed by atoms with Gasteiger partial charge in [0.2, 0.25) is 0 Å². The molecule has 5 aromatic rings. The SMILES string of the molecule is Nc1cnn(-c2ccccc2NC(=O)c2csc(-n3ccc4ccccc4c3=O)n2)c1. The molecule has 0 aliphatic carbocycles. The van der Waals surface area contributed by atoms with Crippen LogP contribution < -0.4 is 16.6 Å². The van der Waals surface area contributed by atoms with E-state index in [-0.39, 0.29) is 17.2 Å². The third kappa shape index (κ3) is 3.47. The van der Waals surface area contributed by atoms with E-state index >= 15 is 0 Å². The van der Waals surface area contributed by atoms with Gasteiger partial charge in [0.25, 0.3) is 11.5 Å². The minimum Gasteiger partial charge on any atom is -0.396 e. The second-order valence-electron chi connectivity index (χ2n) is 6.78. The van der Waals surface area contributed by atoms with Crippen LogP contribution in [0.3, 0.4) is 0 Å². The summed E-state index contributed by atoms with van der Waals surface area (Å²) in [5, 5.41) is 10.6. The zero-order chi connectivity index (χ0) is 21.4. The molecule has 8 nitrogen and oxygen atoms in total. The van der Waals surface area contributed by atoms with Crippen molar-refractivity contribution in [3.05, 3.63) is 94.6 Å². The molecule has 9 heteroatoms. The second-order valence-corrected chi connectivity index (χ2v) is 7.62. The van der Waals surface area contributed by atoms with Crippen molar-refractivity contribution in [3.8, 4) is 10.8 Å². The van der Waals surface area contributed by atoms with Gasteiger partial charge in [-0.2, -0.15) is 5.10 Å². The summed E-state index contributed by atoms with van der Waals surface area (Å²) < 4.78 is 3.04. The Bertz CT molecular complexity index is 1480. The Balaban J connectivity index is 1.45. The van der Waals surface area contributed by atoms with Gasteiger partial charge in [0, 0.05) is 17.0 Å². The summed E-state index contributed by atoms with van der Waals surface area (Å²) >= 11 is 1.23. The summed E-state index contributed by atoms with van der Waals surface area (Å²) in [6.45, 7) is 0. The van der Waals surface area contributed by atoms with Gasteiger partial charge in [-0.05, 0) is 29.7 Å². The molecule has 3 heterocycles. The van der Waals surface area contributed by atoms with E-state index in [1.54, 1.807) is 34.6 Å². The molecule has 0 spiro atoms. The fraction of sp³-hybridized carbons (Fsp3) is 0. The number of benzene rings is 2. The highest BCUT2D eigenvalue weighted by atomic mass is 32.1. The molecule has 152 valence electrons. The van der Waals surface area contributed by atoms with Crippen LogP contribution >= 0.6 is 11.3 Å². The van der Waals surface area contributed by atoms with Crippen LogP contribution in [0.4, 0.5) is 11.4 Å². The van der Waals surface area contributed by atoms with E-state index < -0.39 is 0 Å². The molecule has 31 heavy (non-hydrogen) atoms. The third-order valence-electron chi connectivity index (χ3n) is 4.75. The average Bonchev–Trinajstić information content (AvgIpc) is 3.44. The number of nitrogens with two attached hydrogens (primary N) is 1. The van der Waals surface area contributed by atoms with Crippen molar-refractivity contribution in [1.82, 2.24) is 19.3 Å². The number of carbonyl (C=O) groups excluding carboxylic acids is 1. The van der Waals surface area contributed by atoms with E-state index in [0.717, 1.165) is 5.39 Å². The molecule has 0 saturated carbocycles. The number of fused-ring (bicyclic) bond motifs is 1. The first kappa shape index (κ1) is 18.8. The van der Waals surface area contributed by atoms with Crippen LogP contribution in [0.15, 0.2) is 83.4 Å². The van der Waals surface area contributed by atoms with Crippen molar-refractivity contribution in [2.24, 2.45) is 0 Å². The number of aromatic nitrogens is 4. The Morgan fingerprint density at radius 1 is 1.06 bits per heavy atom. The standard InChI is InChI=1S/C22H16N6O2S/c23-15-11-24-28(12-15)19-8-4-3-7-17(19)25-20(29)18-13-31-22(26-18)27-10-9-14-5-1-2-6-16(14)21(27)30/h1-13H,23H2,(H,25,29). The van der Waals surface area contributed by atoms with Crippen LogP contribution in [-0.4, -0.2) is 25.2 Å². The number of nitrogens with one attached hydrogen (secondary N) is 1. The van der Waals surface area contributed by atoms with Gasteiger partial charge < -0.3 is 11.1 Å². The number of hydrogen-bond donors (Lipinski definition) is 2. The minimum absolute atomic E-state index is 0.180. The molecule has 3 aromatic heterocycles. The van der Waals surface area contributed by atoms with Gasteiger partial charge in [-0.15, -0.1) is 11.3 Å². The number of nitrogens with zero attached hydrogens (tertiary/aromatic N) is 4. The molecule has 0 bridgehead atoms. The first-order valence-corrected chi connectivity index (χ1v) is 10.3. The van der Waals surface area contributed by atoms with Gasteiger partial charge in [-0.3, -0.25) is 14.2 Å². The first-order chi connectivity index (χ1) is 15.1. The average molecular weight is 428 g/mol. The molecular weight excluding hydrogens is 412 g/mol. The molecule has 0 radical (unpaired) electrons. The number of anilines is 2. The lowest BCUT2D eigenvalue weighted by Crippen LogP contribution is -2.18. The highest BCUT2D eigenvalue weighted by Crippen LogP contribution is 2.22. The number of hydrogen-bond acceptors (Lipinski definition) is 6. The van der Waals surface area contributed by atoms with E-state index in [4.69, 9.17) is 5.73 Å². The van der Waals surface area contributed by atoms with E-state index in [1.165, 1.54) is 22.1 Å². The molecule has 5 rings (SSSR count). The minimum atomic E-state index is -0.385. The van der Waals surface area contributed by atoms with Crippen molar-refractivity contribution >= 4 is 39.4 Å². The number of amides is 1. The molecule has 0 unspecified atom stereocenters. The molecule has 0 fully saturated rings. The van der Waals surface area contributed by atoms with Gasteiger partial charge in [0.05, 0.1) is 29.5 Å². The number of thiazole rings is 1. The number of rotatable bonds is 4. The molecular formula is C22H16N6O2S. The zero-order valence-electron chi connectivity index (χ0n) is 16.1. The van der Waals surface area contributed by atoms with Crippen LogP contribution in [0.25, 0.3) is 21.6 Å². The third-order valence-corrected chi connectivity index (χ3v) is 5.59. The lowest BCUT2D eigenvalue weighted by atomic mass is 10.2. The number of nitrogen functional groups attached to an aromatic ring is 1. The van der Waals surface area contributed by atoms with Gasteiger partial charge >= 0.3 is 0 Å². The second kappa shape index (κ2) is 7.54. The van der Waals surface area contributed by atoms with Gasteiger partial charge in [0.15, 0.2) is 5.13 Å². The number of para-hydroxylation sites is 2. The molecule has 0 aliphatic heterocycles. The Labute approximate surface area is 180 Å². The van der Waals surface area contributed by atoms with Crippen molar-refractivity contribution < 1.29 is 4.79 Å². The summed E-state index contributed by atoms with van der Waals surface area (Å²) in [7, 11) is 0. The Morgan fingerprint density at radius 3 is 2.71 bits per heavy atom.